The highest BCUT2D eigenvalue weighted by Gasteiger charge is 2.39. The van der Waals surface area contributed by atoms with Gasteiger partial charge in [0.1, 0.15) is 0 Å². The molecule has 1 aromatic carbocycles. The molecule has 0 unspecified atom stereocenters. The average molecular weight is 366 g/mol. The van der Waals surface area contributed by atoms with Crippen molar-refractivity contribution in [2.75, 3.05) is 0 Å². The maximum atomic E-state index is 12.9. The molecule has 2 aromatic rings. The number of fused-ring (bicyclic) bond motifs is 2. The summed E-state index contributed by atoms with van der Waals surface area (Å²) in [4.78, 5) is 13.6. The maximum absolute atomic E-state index is 12.9. The molecule has 25 heavy (non-hydrogen) atoms. The number of hydrogen-bond donors (Lipinski definition) is 2. The maximum Gasteiger partial charge on any atom is 0.416 e. The third-order valence-corrected chi connectivity index (χ3v) is 6.05. The second-order valence-corrected chi connectivity index (χ2v) is 7.69. The third-order valence-electron chi connectivity index (χ3n) is 4.92. The zero-order valence-electron chi connectivity index (χ0n) is 13.3. The number of thiophene rings is 1. The lowest BCUT2D eigenvalue weighted by molar-refractivity contribution is -0.137. The summed E-state index contributed by atoms with van der Waals surface area (Å²) in [6.07, 6.45) is -1.18. The van der Waals surface area contributed by atoms with E-state index in [2.05, 4.69) is 10.6 Å². The molecule has 132 valence electrons. The molecule has 1 amide bonds. The van der Waals surface area contributed by atoms with Crippen LogP contribution in [0.5, 0.6) is 0 Å². The molecule has 4 rings (SSSR count). The minimum atomic E-state index is -4.37. The Hall–Kier alpha value is -1.86. The van der Waals surface area contributed by atoms with Crippen LogP contribution in [0, 0.1) is 0 Å². The van der Waals surface area contributed by atoms with Crippen molar-refractivity contribution in [3.8, 4) is 10.4 Å². The van der Waals surface area contributed by atoms with Gasteiger partial charge < -0.3 is 10.6 Å². The fraction of sp³-hybridized carbons (Fsp3) is 0.389. The Kier molecular flexibility index (Phi) is 4.08. The van der Waals surface area contributed by atoms with Crippen molar-refractivity contribution in [1.82, 2.24) is 10.6 Å². The molecule has 3 heterocycles. The Morgan fingerprint density at radius 2 is 2.04 bits per heavy atom. The van der Waals surface area contributed by atoms with Gasteiger partial charge in [-0.05, 0) is 49.1 Å². The second-order valence-electron chi connectivity index (χ2n) is 6.61. The van der Waals surface area contributed by atoms with Crippen LogP contribution in [0.15, 0.2) is 36.4 Å². The Morgan fingerprint density at radius 1 is 1.20 bits per heavy atom. The highest BCUT2D eigenvalue weighted by molar-refractivity contribution is 7.17. The summed E-state index contributed by atoms with van der Waals surface area (Å²) >= 11 is 1.22. The Labute approximate surface area is 147 Å². The van der Waals surface area contributed by atoms with Gasteiger partial charge in [0.25, 0.3) is 5.91 Å². The van der Waals surface area contributed by atoms with E-state index < -0.39 is 11.7 Å². The average Bonchev–Trinajstić information content (AvgIpc) is 3.30. The molecule has 3 nitrogen and oxygen atoms in total. The van der Waals surface area contributed by atoms with Crippen molar-refractivity contribution in [1.29, 1.82) is 0 Å². The molecule has 2 aliphatic heterocycles. The Balaban J connectivity index is 1.49. The number of halogens is 3. The summed E-state index contributed by atoms with van der Waals surface area (Å²) < 4.78 is 38.6. The zero-order chi connectivity index (χ0) is 17.6. The van der Waals surface area contributed by atoms with Crippen LogP contribution in [0.4, 0.5) is 13.2 Å². The SMILES string of the molecule is O=C(N[C@@H]1C[C@H]2CC[C@@H]1N2)c1ccc(-c2cccc(C(F)(F)F)c2)s1. The van der Waals surface area contributed by atoms with E-state index in [-0.39, 0.29) is 11.9 Å². The first-order valence-corrected chi connectivity index (χ1v) is 9.06. The molecule has 7 heteroatoms. The molecule has 2 fully saturated rings. The highest BCUT2D eigenvalue weighted by atomic mass is 32.1. The van der Waals surface area contributed by atoms with Gasteiger partial charge in [-0.25, -0.2) is 0 Å². The number of rotatable bonds is 3. The lowest BCUT2D eigenvalue weighted by Crippen LogP contribution is -2.42. The number of hydrogen-bond acceptors (Lipinski definition) is 3. The van der Waals surface area contributed by atoms with E-state index in [1.807, 2.05) is 0 Å². The molecule has 0 radical (unpaired) electrons. The van der Waals surface area contributed by atoms with Crippen LogP contribution in [0.2, 0.25) is 0 Å². The van der Waals surface area contributed by atoms with Crippen molar-refractivity contribution in [2.24, 2.45) is 0 Å². The van der Waals surface area contributed by atoms with Crippen molar-refractivity contribution in [3.63, 3.8) is 0 Å². The van der Waals surface area contributed by atoms with Crippen LogP contribution >= 0.6 is 11.3 Å². The van der Waals surface area contributed by atoms with E-state index in [4.69, 9.17) is 0 Å². The number of amides is 1. The van der Waals surface area contributed by atoms with Gasteiger partial charge >= 0.3 is 6.18 Å². The normalized spacial score (nSPS) is 25.3. The van der Waals surface area contributed by atoms with Crippen LogP contribution in [-0.4, -0.2) is 24.0 Å². The number of carbonyl (C=O) groups is 1. The van der Waals surface area contributed by atoms with Crippen molar-refractivity contribution >= 4 is 17.2 Å². The van der Waals surface area contributed by atoms with Gasteiger partial charge in [0, 0.05) is 23.0 Å². The van der Waals surface area contributed by atoms with E-state index >= 15 is 0 Å². The summed E-state index contributed by atoms with van der Waals surface area (Å²) in [7, 11) is 0. The Morgan fingerprint density at radius 3 is 2.72 bits per heavy atom. The molecule has 2 aliphatic rings. The zero-order valence-corrected chi connectivity index (χ0v) is 14.1. The summed E-state index contributed by atoms with van der Waals surface area (Å²) in [6.45, 7) is 0. The first-order valence-electron chi connectivity index (χ1n) is 8.24. The Bertz CT molecular complexity index is 802. The first kappa shape index (κ1) is 16.6. The van der Waals surface area contributed by atoms with Gasteiger partial charge in [-0.2, -0.15) is 13.2 Å². The van der Waals surface area contributed by atoms with Crippen molar-refractivity contribution < 1.29 is 18.0 Å². The first-order chi connectivity index (χ1) is 11.9. The minimum Gasteiger partial charge on any atom is -0.347 e. The van der Waals surface area contributed by atoms with Gasteiger partial charge in [0.15, 0.2) is 0 Å². The molecule has 2 saturated heterocycles. The summed E-state index contributed by atoms with van der Waals surface area (Å²) in [5.74, 6) is -0.150. The van der Waals surface area contributed by atoms with E-state index in [1.54, 1.807) is 18.2 Å². The number of nitrogens with one attached hydrogen (secondary N) is 2. The molecule has 2 bridgehead atoms. The summed E-state index contributed by atoms with van der Waals surface area (Å²) in [5, 5.41) is 6.52. The quantitative estimate of drug-likeness (QED) is 0.860. The molecular weight excluding hydrogens is 349 g/mol. The van der Waals surface area contributed by atoms with E-state index in [1.165, 1.54) is 17.4 Å². The van der Waals surface area contributed by atoms with Crippen molar-refractivity contribution in [2.45, 2.75) is 43.6 Å². The van der Waals surface area contributed by atoms with E-state index in [9.17, 15) is 18.0 Å². The molecule has 0 aliphatic carbocycles. The lowest BCUT2D eigenvalue weighted by atomic mass is 9.95. The van der Waals surface area contributed by atoms with Crippen LogP contribution in [0.3, 0.4) is 0 Å². The fourth-order valence-electron chi connectivity index (χ4n) is 3.69. The molecule has 1 aromatic heterocycles. The van der Waals surface area contributed by atoms with E-state index in [0.717, 1.165) is 31.4 Å². The molecule has 0 saturated carbocycles. The minimum absolute atomic E-state index is 0.144. The van der Waals surface area contributed by atoms with Gasteiger partial charge in [0.05, 0.1) is 10.4 Å². The monoisotopic (exact) mass is 366 g/mol. The predicted octanol–water partition coefficient (Wildman–Crippen LogP) is 4.06. The number of carbonyl (C=O) groups excluding carboxylic acids is 1. The topological polar surface area (TPSA) is 41.1 Å². The van der Waals surface area contributed by atoms with Crippen LogP contribution in [0.1, 0.15) is 34.5 Å². The van der Waals surface area contributed by atoms with Crippen LogP contribution in [0.25, 0.3) is 10.4 Å². The predicted molar refractivity (Wildman–Crippen MR) is 90.6 cm³/mol. The standard InChI is InChI=1S/C18H17F3N2OS/c19-18(20,21)11-3-1-2-10(8-11)15-6-7-16(25-15)17(24)23-14-9-12-4-5-13(14)22-12/h1-3,6-8,12-14,22H,4-5,9H2,(H,23,24)/t12-,13+,14-/m1/s1. The summed E-state index contributed by atoms with van der Waals surface area (Å²) in [6, 6.07) is 9.55. The largest absolute Gasteiger partial charge is 0.416 e. The smallest absolute Gasteiger partial charge is 0.347 e. The number of benzene rings is 1. The third kappa shape index (κ3) is 3.30. The highest BCUT2D eigenvalue weighted by Crippen LogP contribution is 2.35. The molecule has 0 spiro atoms. The lowest BCUT2D eigenvalue weighted by Gasteiger charge is -2.20. The van der Waals surface area contributed by atoms with Gasteiger partial charge in [-0.1, -0.05) is 12.1 Å². The van der Waals surface area contributed by atoms with E-state index in [0.29, 0.717) is 27.4 Å². The van der Waals surface area contributed by atoms with Crippen LogP contribution < -0.4 is 10.6 Å². The fourth-order valence-corrected chi connectivity index (χ4v) is 4.59. The van der Waals surface area contributed by atoms with Crippen LogP contribution in [-0.2, 0) is 6.18 Å². The second kappa shape index (κ2) is 6.14. The number of alkyl halides is 3. The van der Waals surface area contributed by atoms with Gasteiger partial charge in [0.2, 0.25) is 0 Å². The van der Waals surface area contributed by atoms with Gasteiger partial charge in [-0.3, -0.25) is 4.79 Å². The van der Waals surface area contributed by atoms with Gasteiger partial charge in [-0.15, -0.1) is 11.3 Å². The van der Waals surface area contributed by atoms with Crippen molar-refractivity contribution in [3.05, 3.63) is 46.8 Å². The molecule has 3 atom stereocenters. The molecule has 2 N–H and O–H groups in total. The molecular formula is C18H17F3N2OS. The summed E-state index contributed by atoms with van der Waals surface area (Å²) in [5.41, 5.74) is -0.210.